The van der Waals surface area contributed by atoms with E-state index in [2.05, 4.69) is 5.32 Å². The quantitative estimate of drug-likeness (QED) is 0.296. The number of hydrogen-bond acceptors (Lipinski definition) is 6. The lowest BCUT2D eigenvalue weighted by atomic mass is 10.0. The van der Waals surface area contributed by atoms with E-state index in [4.69, 9.17) is 9.47 Å². The van der Waals surface area contributed by atoms with Gasteiger partial charge in [-0.25, -0.2) is 4.79 Å². The summed E-state index contributed by atoms with van der Waals surface area (Å²) in [6.07, 6.45) is 1.50. The van der Waals surface area contributed by atoms with E-state index in [1.807, 2.05) is 62.4 Å². The number of carbonyl (C=O) groups excluding carboxylic acids is 2. The Labute approximate surface area is 190 Å². The van der Waals surface area contributed by atoms with Crippen molar-refractivity contribution in [1.29, 1.82) is 5.26 Å². The maximum atomic E-state index is 12.8. The van der Waals surface area contributed by atoms with Crippen LogP contribution in [0.5, 0.6) is 5.75 Å². The van der Waals surface area contributed by atoms with Crippen molar-refractivity contribution in [1.82, 2.24) is 0 Å². The zero-order chi connectivity index (χ0) is 23.1. The van der Waals surface area contributed by atoms with Crippen molar-refractivity contribution in [3.8, 4) is 22.9 Å². The fourth-order valence-electron chi connectivity index (χ4n) is 3.20. The third-order valence-electron chi connectivity index (χ3n) is 4.63. The molecule has 2 aromatic carbocycles. The topological polar surface area (TPSA) is 88.4 Å². The highest BCUT2D eigenvalue weighted by atomic mass is 32.1. The first-order valence-corrected chi connectivity index (χ1v) is 10.7. The van der Waals surface area contributed by atoms with Gasteiger partial charge in [0, 0.05) is 10.4 Å². The average Bonchev–Trinajstić information content (AvgIpc) is 3.13. The third kappa shape index (κ3) is 5.05. The van der Waals surface area contributed by atoms with Crippen LogP contribution in [0.25, 0.3) is 17.2 Å². The second-order valence-corrected chi connectivity index (χ2v) is 7.95. The lowest BCUT2D eigenvalue weighted by Gasteiger charge is -2.09. The van der Waals surface area contributed by atoms with Crippen LogP contribution in [-0.4, -0.2) is 25.6 Å². The fraction of sp³-hybridized carbons (Fsp3) is 0.160. The molecule has 0 bridgehead atoms. The highest BCUT2D eigenvalue weighted by Gasteiger charge is 2.26. The van der Waals surface area contributed by atoms with Gasteiger partial charge in [0.15, 0.2) is 0 Å². The van der Waals surface area contributed by atoms with E-state index in [1.165, 1.54) is 24.5 Å². The van der Waals surface area contributed by atoms with Gasteiger partial charge >= 0.3 is 5.97 Å². The van der Waals surface area contributed by atoms with Crippen molar-refractivity contribution < 1.29 is 19.1 Å². The first-order valence-electron chi connectivity index (χ1n) is 9.91. The molecule has 162 valence electrons. The number of nitriles is 1. The number of esters is 1. The molecule has 1 amide bonds. The number of carbonyl (C=O) groups is 2. The molecule has 32 heavy (non-hydrogen) atoms. The number of nitrogens with zero attached hydrogens (tertiary/aromatic N) is 1. The average molecular weight is 447 g/mol. The van der Waals surface area contributed by atoms with Gasteiger partial charge in [-0.3, -0.25) is 4.79 Å². The smallest absolute Gasteiger partial charge is 0.341 e. The van der Waals surface area contributed by atoms with E-state index in [0.717, 1.165) is 21.8 Å². The number of hydrogen-bond donors (Lipinski definition) is 1. The highest BCUT2D eigenvalue weighted by molar-refractivity contribution is 7.17. The summed E-state index contributed by atoms with van der Waals surface area (Å²) in [7, 11) is 1.29. The Hall–Kier alpha value is -3.89. The lowest BCUT2D eigenvalue weighted by Crippen LogP contribution is -2.15. The van der Waals surface area contributed by atoms with Crippen LogP contribution < -0.4 is 10.1 Å². The minimum absolute atomic E-state index is 0.0688. The maximum absolute atomic E-state index is 12.8. The maximum Gasteiger partial charge on any atom is 0.341 e. The molecule has 0 radical (unpaired) electrons. The van der Waals surface area contributed by atoms with Crippen molar-refractivity contribution in [2.45, 2.75) is 13.8 Å². The summed E-state index contributed by atoms with van der Waals surface area (Å²) in [6.45, 7) is 4.32. The second-order valence-electron chi connectivity index (χ2n) is 6.72. The van der Waals surface area contributed by atoms with E-state index in [9.17, 15) is 14.9 Å². The summed E-state index contributed by atoms with van der Waals surface area (Å²) in [5.41, 5.74) is 2.38. The molecule has 3 rings (SSSR count). The number of methoxy groups -OCH3 is 1. The molecule has 1 heterocycles. The Kier molecular flexibility index (Phi) is 7.42. The number of benzene rings is 2. The molecule has 0 fully saturated rings. The fourth-order valence-corrected chi connectivity index (χ4v) is 4.26. The molecule has 0 saturated heterocycles. The van der Waals surface area contributed by atoms with Crippen LogP contribution in [0.1, 0.15) is 27.7 Å². The first kappa shape index (κ1) is 22.8. The van der Waals surface area contributed by atoms with Gasteiger partial charge in [-0.15, -0.1) is 11.3 Å². The number of aryl methyl sites for hydroxylation is 1. The molecule has 0 spiro atoms. The van der Waals surface area contributed by atoms with Gasteiger partial charge in [0.25, 0.3) is 5.91 Å². The van der Waals surface area contributed by atoms with Crippen LogP contribution in [0.2, 0.25) is 0 Å². The molecule has 0 aliphatic rings. The summed E-state index contributed by atoms with van der Waals surface area (Å²) in [5.74, 6) is -0.443. The Bertz CT molecular complexity index is 1190. The highest BCUT2D eigenvalue weighted by Crippen LogP contribution is 2.41. The van der Waals surface area contributed by atoms with Crippen molar-refractivity contribution >= 4 is 34.3 Å². The summed E-state index contributed by atoms with van der Waals surface area (Å²) in [4.78, 5) is 26.3. The normalized spacial score (nSPS) is 10.9. The van der Waals surface area contributed by atoms with Crippen molar-refractivity contribution in [3.63, 3.8) is 0 Å². The molecule has 0 aliphatic carbocycles. The summed E-state index contributed by atoms with van der Waals surface area (Å²) >= 11 is 1.26. The lowest BCUT2D eigenvalue weighted by molar-refractivity contribution is -0.112. The molecular weight excluding hydrogens is 424 g/mol. The molecular formula is C25H22N2O4S. The predicted octanol–water partition coefficient (Wildman–Crippen LogP) is 5.45. The standard InChI is InChI=1S/C25H22N2O4S/c1-4-31-20-12-10-18(11-13-20)21-16(2)32-24(22(21)25(29)30-3)27-23(28)19(15-26)14-17-8-6-5-7-9-17/h5-14H,4H2,1-3H3,(H,27,28). The molecule has 7 heteroatoms. The van der Waals surface area contributed by atoms with Gasteiger partial charge in [-0.1, -0.05) is 42.5 Å². The van der Waals surface area contributed by atoms with Crippen LogP contribution in [0.3, 0.4) is 0 Å². The summed E-state index contributed by atoms with van der Waals surface area (Å²) in [5, 5.41) is 12.5. The number of nitrogens with one attached hydrogen (secondary N) is 1. The van der Waals surface area contributed by atoms with Crippen LogP contribution in [0.15, 0.2) is 60.2 Å². The molecule has 0 saturated carbocycles. The van der Waals surface area contributed by atoms with E-state index in [-0.39, 0.29) is 11.1 Å². The predicted molar refractivity (Wildman–Crippen MR) is 126 cm³/mol. The Morgan fingerprint density at radius 2 is 1.81 bits per heavy atom. The monoisotopic (exact) mass is 446 g/mol. The Morgan fingerprint density at radius 1 is 1.12 bits per heavy atom. The van der Waals surface area contributed by atoms with E-state index in [1.54, 1.807) is 12.1 Å². The first-order chi connectivity index (χ1) is 15.5. The summed E-state index contributed by atoms with van der Waals surface area (Å²) in [6, 6.07) is 18.4. The molecule has 0 aliphatic heterocycles. The van der Waals surface area contributed by atoms with Crippen LogP contribution in [-0.2, 0) is 9.53 Å². The van der Waals surface area contributed by atoms with Crippen LogP contribution in [0.4, 0.5) is 5.00 Å². The Balaban J connectivity index is 1.99. The molecule has 0 atom stereocenters. The second kappa shape index (κ2) is 10.4. The minimum Gasteiger partial charge on any atom is -0.494 e. The molecule has 6 nitrogen and oxygen atoms in total. The largest absolute Gasteiger partial charge is 0.494 e. The zero-order valence-electron chi connectivity index (χ0n) is 18.0. The zero-order valence-corrected chi connectivity index (χ0v) is 18.8. The van der Waals surface area contributed by atoms with Crippen molar-refractivity contribution in [3.05, 3.63) is 76.2 Å². The third-order valence-corrected chi connectivity index (χ3v) is 5.65. The molecule has 1 aromatic heterocycles. The van der Waals surface area contributed by atoms with Gasteiger partial charge < -0.3 is 14.8 Å². The number of ether oxygens (including phenoxy) is 2. The van der Waals surface area contributed by atoms with Crippen LogP contribution in [0, 0.1) is 18.3 Å². The van der Waals surface area contributed by atoms with Crippen LogP contribution >= 0.6 is 11.3 Å². The van der Waals surface area contributed by atoms with Crippen molar-refractivity contribution in [2.75, 3.05) is 19.0 Å². The number of anilines is 1. The van der Waals surface area contributed by atoms with Gasteiger partial charge in [-0.2, -0.15) is 5.26 Å². The minimum atomic E-state index is -0.596. The van der Waals surface area contributed by atoms with Gasteiger partial charge in [-0.05, 0) is 43.2 Å². The van der Waals surface area contributed by atoms with Gasteiger partial charge in [0.05, 0.1) is 13.7 Å². The van der Waals surface area contributed by atoms with E-state index >= 15 is 0 Å². The van der Waals surface area contributed by atoms with E-state index < -0.39 is 11.9 Å². The SMILES string of the molecule is CCOc1ccc(-c2c(C)sc(NC(=O)C(C#N)=Cc3ccccc3)c2C(=O)OC)cc1. The van der Waals surface area contributed by atoms with Crippen molar-refractivity contribution in [2.24, 2.45) is 0 Å². The number of amides is 1. The molecule has 1 N–H and O–H groups in total. The molecule has 3 aromatic rings. The van der Waals surface area contributed by atoms with Gasteiger partial charge in [0.2, 0.25) is 0 Å². The summed E-state index contributed by atoms with van der Waals surface area (Å²) < 4.78 is 10.5. The van der Waals surface area contributed by atoms with Gasteiger partial charge in [0.1, 0.15) is 28.0 Å². The van der Waals surface area contributed by atoms with E-state index in [0.29, 0.717) is 17.2 Å². The Morgan fingerprint density at radius 3 is 2.41 bits per heavy atom. The number of rotatable bonds is 7. The number of thiophene rings is 1. The molecule has 0 unspecified atom stereocenters.